The highest BCUT2D eigenvalue weighted by molar-refractivity contribution is 5.38. The van der Waals surface area contributed by atoms with Crippen molar-refractivity contribution < 1.29 is 4.74 Å². The number of aryl methyl sites for hydroxylation is 1. The van der Waals surface area contributed by atoms with Gasteiger partial charge in [-0.25, -0.2) is 0 Å². The van der Waals surface area contributed by atoms with Gasteiger partial charge in [0.15, 0.2) is 0 Å². The normalized spacial score (nSPS) is 14.6. The van der Waals surface area contributed by atoms with Gasteiger partial charge in [0.1, 0.15) is 5.75 Å². The molecule has 2 nitrogen and oxygen atoms in total. The Morgan fingerprint density at radius 3 is 2.39 bits per heavy atom. The minimum absolute atomic E-state index is 0.0142. The number of hydrogen-bond acceptors (Lipinski definition) is 2. The van der Waals surface area contributed by atoms with Crippen molar-refractivity contribution in [1.29, 1.82) is 0 Å². The molecule has 0 spiro atoms. The van der Waals surface area contributed by atoms with E-state index < -0.39 is 0 Å². The highest BCUT2D eigenvalue weighted by Crippen LogP contribution is 2.26. The molecule has 0 fully saturated rings. The number of ether oxygens (including phenoxy) is 1. The third-order valence-electron chi connectivity index (χ3n) is 3.05. The summed E-state index contributed by atoms with van der Waals surface area (Å²) < 4.78 is 5.94. The van der Waals surface area contributed by atoms with E-state index in [0.717, 1.165) is 23.8 Å². The van der Waals surface area contributed by atoms with Crippen LogP contribution in [0.5, 0.6) is 5.75 Å². The number of rotatable bonds is 6. The number of nitrogens with two attached hydrogens (primary N) is 1. The van der Waals surface area contributed by atoms with Crippen LogP contribution in [0.15, 0.2) is 18.2 Å². The van der Waals surface area contributed by atoms with Gasteiger partial charge in [-0.1, -0.05) is 38.5 Å². The summed E-state index contributed by atoms with van der Waals surface area (Å²) in [6.45, 7) is 11.6. The van der Waals surface area contributed by atoms with Crippen LogP contribution in [0.25, 0.3) is 0 Å². The third kappa shape index (κ3) is 4.69. The first kappa shape index (κ1) is 15.0. The lowest BCUT2D eigenvalue weighted by atomic mass is 10.00. The van der Waals surface area contributed by atoms with E-state index in [-0.39, 0.29) is 6.04 Å². The fourth-order valence-corrected chi connectivity index (χ4v) is 2.26. The fraction of sp³-hybridized carbons (Fsp3) is 0.625. The Hall–Kier alpha value is -1.02. The van der Waals surface area contributed by atoms with Gasteiger partial charge in [0.05, 0.1) is 6.61 Å². The van der Waals surface area contributed by atoms with Crippen molar-refractivity contribution in [3.63, 3.8) is 0 Å². The zero-order valence-corrected chi connectivity index (χ0v) is 12.4. The number of hydrogen-bond donors (Lipinski definition) is 1. The Bertz CT molecular complexity index is 371. The SMILES string of the molecule is Cc1ccc(OCC(C)CC(C)C)c(C(C)N)c1. The second-order valence-corrected chi connectivity index (χ2v) is 5.88. The Labute approximate surface area is 112 Å². The highest BCUT2D eigenvalue weighted by Gasteiger charge is 2.11. The molecular formula is C16H27NO. The molecule has 0 aliphatic rings. The van der Waals surface area contributed by atoms with Crippen molar-refractivity contribution >= 4 is 0 Å². The van der Waals surface area contributed by atoms with Crippen molar-refractivity contribution in [2.45, 2.75) is 47.1 Å². The Morgan fingerprint density at radius 2 is 1.83 bits per heavy atom. The first-order chi connectivity index (χ1) is 8.40. The summed E-state index contributed by atoms with van der Waals surface area (Å²) in [5.41, 5.74) is 8.32. The molecule has 0 saturated carbocycles. The van der Waals surface area contributed by atoms with Crippen LogP contribution in [-0.2, 0) is 0 Å². The maximum atomic E-state index is 5.99. The molecule has 0 radical (unpaired) electrons. The van der Waals surface area contributed by atoms with Crippen LogP contribution in [0.3, 0.4) is 0 Å². The zero-order valence-electron chi connectivity index (χ0n) is 12.4. The van der Waals surface area contributed by atoms with E-state index in [0.29, 0.717) is 5.92 Å². The largest absolute Gasteiger partial charge is 0.493 e. The van der Waals surface area contributed by atoms with Crippen molar-refractivity contribution in [2.24, 2.45) is 17.6 Å². The summed E-state index contributed by atoms with van der Waals surface area (Å²) in [5.74, 6) is 2.23. The lowest BCUT2D eigenvalue weighted by molar-refractivity contribution is 0.236. The average Bonchev–Trinajstić information content (AvgIpc) is 2.26. The van der Waals surface area contributed by atoms with Gasteiger partial charge in [-0.05, 0) is 38.2 Å². The first-order valence-corrected chi connectivity index (χ1v) is 6.89. The van der Waals surface area contributed by atoms with Crippen LogP contribution in [0.2, 0.25) is 0 Å². The highest BCUT2D eigenvalue weighted by atomic mass is 16.5. The summed E-state index contributed by atoms with van der Waals surface area (Å²) in [7, 11) is 0. The van der Waals surface area contributed by atoms with Crippen molar-refractivity contribution in [3.05, 3.63) is 29.3 Å². The van der Waals surface area contributed by atoms with Crippen LogP contribution in [0.4, 0.5) is 0 Å². The van der Waals surface area contributed by atoms with Crippen LogP contribution in [0.1, 0.15) is 51.3 Å². The molecule has 1 rings (SSSR count). The topological polar surface area (TPSA) is 35.2 Å². The molecule has 0 amide bonds. The molecule has 0 aromatic heterocycles. The summed E-state index contributed by atoms with van der Waals surface area (Å²) in [6.07, 6.45) is 1.19. The van der Waals surface area contributed by atoms with E-state index in [1.54, 1.807) is 0 Å². The van der Waals surface area contributed by atoms with E-state index in [9.17, 15) is 0 Å². The fourth-order valence-electron chi connectivity index (χ4n) is 2.26. The Balaban J connectivity index is 2.67. The van der Waals surface area contributed by atoms with Gasteiger partial charge in [-0.2, -0.15) is 0 Å². The van der Waals surface area contributed by atoms with Gasteiger partial charge in [-0.3, -0.25) is 0 Å². The number of benzene rings is 1. The molecule has 0 aliphatic heterocycles. The van der Waals surface area contributed by atoms with Gasteiger partial charge < -0.3 is 10.5 Å². The van der Waals surface area contributed by atoms with Gasteiger partial charge in [0.25, 0.3) is 0 Å². The molecule has 2 N–H and O–H groups in total. The smallest absolute Gasteiger partial charge is 0.124 e. The van der Waals surface area contributed by atoms with Crippen molar-refractivity contribution in [1.82, 2.24) is 0 Å². The second kappa shape index (κ2) is 6.79. The molecule has 0 saturated heterocycles. The van der Waals surface area contributed by atoms with Crippen LogP contribution in [-0.4, -0.2) is 6.61 Å². The molecule has 18 heavy (non-hydrogen) atoms. The summed E-state index contributed by atoms with van der Waals surface area (Å²) in [5, 5.41) is 0. The van der Waals surface area contributed by atoms with Crippen molar-refractivity contribution in [2.75, 3.05) is 6.61 Å². The standard InChI is InChI=1S/C16H27NO/c1-11(2)8-13(4)10-18-16-7-6-12(3)9-15(16)14(5)17/h6-7,9,11,13-14H,8,10,17H2,1-5H3. The van der Waals surface area contributed by atoms with Gasteiger partial charge >= 0.3 is 0 Å². The second-order valence-electron chi connectivity index (χ2n) is 5.88. The predicted octanol–water partition coefficient (Wildman–Crippen LogP) is 4.08. The van der Waals surface area contributed by atoms with Gasteiger partial charge in [0, 0.05) is 11.6 Å². The summed E-state index contributed by atoms with van der Waals surface area (Å²) in [4.78, 5) is 0. The van der Waals surface area contributed by atoms with Gasteiger partial charge in [-0.15, -0.1) is 0 Å². The summed E-state index contributed by atoms with van der Waals surface area (Å²) >= 11 is 0. The van der Waals surface area contributed by atoms with Crippen molar-refractivity contribution in [3.8, 4) is 5.75 Å². The van der Waals surface area contributed by atoms with E-state index in [1.165, 1.54) is 12.0 Å². The zero-order chi connectivity index (χ0) is 13.7. The molecule has 2 atom stereocenters. The molecule has 0 aliphatic carbocycles. The lowest BCUT2D eigenvalue weighted by Crippen LogP contribution is -2.14. The Morgan fingerprint density at radius 1 is 1.17 bits per heavy atom. The van der Waals surface area contributed by atoms with Gasteiger partial charge in [0.2, 0.25) is 0 Å². The maximum absolute atomic E-state index is 5.99. The molecule has 0 heterocycles. The maximum Gasteiger partial charge on any atom is 0.124 e. The van der Waals surface area contributed by atoms with Crippen LogP contribution in [0, 0.1) is 18.8 Å². The first-order valence-electron chi connectivity index (χ1n) is 6.89. The molecule has 102 valence electrons. The van der Waals surface area contributed by atoms with Crippen LogP contribution >= 0.6 is 0 Å². The average molecular weight is 249 g/mol. The molecule has 1 aromatic carbocycles. The van der Waals surface area contributed by atoms with E-state index >= 15 is 0 Å². The van der Waals surface area contributed by atoms with E-state index in [2.05, 4.69) is 39.8 Å². The predicted molar refractivity (Wildman–Crippen MR) is 77.9 cm³/mol. The Kier molecular flexibility index (Phi) is 5.67. The molecular weight excluding hydrogens is 222 g/mol. The molecule has 0 bridgehead atoms. The minimum Gasteiger partial charge on any atom is -0.493 e. The lowest BCUT2D eigenvalue weighted by Gasteiger charge is -2.18. The monoisotopic (exact) mass is 249 g/mol. The third-order valence-corrected chi connectivity index (χ3v) is 3.05. The quantitative estimate of drug-likeness (QED) is 0.824. The minimum atomic E-state index is 0.0142. The summed E-state index contributed by atoms with van der Waals surface area (Å²) in [6, 6.07) is 6.25. The molecule has 1 aromatic rings. The molecule has 2 heteroatoms. The van der Waals surface area contributed by atoms with E-state index in [4.69, 9.17) is 10.5 Å². The van der Waals surface area contributed by atoms with Crippen LogP contribution < -0.4 is 10.5 Å². The molecule has 2 unspecified atom stereocenters. The van der Waals surface area contributed by atoms with E-state index in [1.807, 2.05) is 13.0 Å².